The summed E-state index contributed by atoms with van der Waals surface area (Å²) < 4.78 is 3.83. The summed E-state index contributed by atoms with van der Waals surface area (Å²) in [4.78, 5) is 4.59. The van der Waals surface area contributed by atoms with Crippen molar-refractivity contribution < 1.29 is 0 Å². The van der Waals surface area contributed by atoms with Crippen LogP contribution in [0.1, 0.15) is 11.3 Å². The SMILES string of the molecule is Cc1nn(C)c(Sc2nc3ccccc3s2)c1C(=N)N. The Morgan fingerprint density at radius 2 is 2.15 bits per heavy atom. The van der Waals surface area contributed by atoms with Gasteiger partial charge in [-0.25, -0.2) is 4.98 Å². The van der Waals surface area contributed by atoms with Gasteiger partial charge in [-0.05, 0) is 30.8 Å². The molecule has 3 aromatic rings. The summed E-state index contributed by atoms with van der Waals surface area (Å²) >= 11 is 3.13. The highest BCUT2D eigenvalue weighted by Gasteiger charge is 2.18. The third kappa shape index (κ3) is 2.19. The van der Waals surface area contributed by atoms with E-state index in [1.165, 1.54) is 11.8 Å². The highest BCUT2D eigenvalue weighted by Crippen LogP contribution is 2.36. The highest BCUT2D eigenvalue weighted by atomic mass is 32.2. The average molecular weight is 303 g/mol. The van der Waals surface area contributed by atoms with Crippen LogP contribution in [0, 0.1) is 12.3 Å². The topological polar surface area (TPSA) is 80.6 Å². The number of nitrogen functional groups attached to an aromatic ring is 1. The van der Waals surface area contributed by atoms with Gasteiger partial charge < -0.3 is 5.73 Å². The number of para-hydroxylation sites is 1. The summed E-state index contributed by atoms with van der Waals surface area (Å²) in [6.45, 7) is 1.86. The molecule has 0 spiro atoms. The molecule has 0 bridgehead atoms. The van der Waals surface area contributed by atoms with Gasteiger partial charge in [0.05, 0.1) is 21.5 Å². The molecule has 0 aliphatic carbocycles. The minimum Gasteiger partial charge on any atom is -0.384 e. The number of aromatic nitrogens is 3. The Bertz CT molecular complexity index is 769. The summed E-state index contributed by atoms with van der Waals surface area (Å²) in [6, 6.07) is 8.03. The van der Waals surface area contributed by atoms with Gasteiger partial charge in [0.15, 0.2) is 4.34 Å². The average Bonchev–Trinajstić information content (AvgIpc) is 2.90. The first-order chi connectivity index (χ1) is 9.56. The third-order valence-corrected chi connectivity index (χ3v) is 5.16. The van der Waals surface area contributed by atoms with E-state index in [1.54, 1.807) is 16.0 Å². The van der Waals surface area contributed by atoms with Crippen LogP contribution in [0.25, 0.3) is 10.2 Å². The number of aryl methyl sites for hydroxylation is 2. The normalized spacial score (nSPS) is 11.1. The van der Waals surface area contributed by atoms with Crippen LogP contribution in [-0.4, -0.2) is 20.6 Å². The Morgan fingerprint density at radius 3 is 2.85 bits per heavy atom. The molecular weight excluding hydrogens is 290 g/mol. The summed E-state index contributed by atoms with van der Waals surface area (Å²) in [7, 11) is 1.86. The molecule has 0 aliphatic rings. The van der Waals surface area contributed by atoms with E-state index < -0.39 is 0 Å². The number of rotatable bonds is 3. The second kappa shape index (κ2) is 4.92. The maximum Gasteiger partial charge on any atom is 0.157 e. The number of hydrogen-bond acceptors (Lipinski definition) is 5. The van der Waals surface area contributed by atoms with Crippen molar-refractivity contribution in [2.45, 2.75) is 16.3 Å². The monoisotopic (exact) mass is 303 g/mol. The first-order valence-electron chi connectivity index (χ1n) is 5.97. The van der Waals surface area contributed by atoms with Gasteiger partial charge in [-0.2, -0.15) is 5.10 Å². The fourth-order valence-corrected chi connectivity index (χ4v) is 4.25. The quantitative estimate of drug-likeness (QED) is 0.576. The lowest BCUT2D eigenvalue weighted by Crippen LogP contribution is -2.13. The molecule has 2 heterocycles. The number of benzene rings is 1. The maximum absolute atomic E-state index is 7.70. The van der Waals surface area contributed by atoms with Crippen molar-refractivity contribution in [1.29, 1.82) is 5.41 Å². The largest absolute Gasteiger partial charge is 0.384 e. The number of fused-ring (bicyclic) bond motifs is 1. The van der Waals surface area contributed by atoms with Crippen LogP contribution < -0.4 is 5.73 Å². The van der Waals surface area contributed by atoms with Crippen LogP contribution in [0.3, 0.4) is 0 Å². The standard InChI is InChI=1S/C13H13N5S2/c1-7-10(11(14)15)12(18(2)17-7)20-13-16-8-5-3-4-6-9(8)19-13/h3-6H,1-2H3,(H3,14,15). The van der Waals surface area contributed by atoms with Crippen molar-refractivity contribution in [3.63, 3.8) is 0 Å². The predicted molar refractivity (Wildman–Crippen MR) is 82.7 cm³/mol. The molecular formula is C13H13N5S2. The smallest absolute Gasteiger partial charge is 0.157 e. The zero-order chi connectivity index (χ0) is 14.3. The summed E-state index contributed by atoms with van der Waals surface area (Å²) in [5.74, 6) is 0.0409. The highest BCUT2D eigenvalue weighted by molar-refractivity contribution is 8.01. The van der Waals surface area contributed by atoms with E-state index in [0.717, 1.165) is 25.3 Å². The Hall–Kier alpha value is -1.86. The molecule has 102 valence electrons. The molecule has 0 amide bonds. The van der Waals surface area contributed by atoms with Crippen LogP contribution in [-0.2, 0) is 7.05 Å². The summed E-state index contributed by atoms with van der Waals surface area (Å²) in [6.07, 6.45) is 0. The van der Waals surface area contributed by atoms with E-state index in [0.29, 0.717) is 5.56 Å². The van der Waals surface area contributed by atoms with E-state index in [-0.39, 0.29) is 5.84 Å². The Kier molecular flexibility index (Phi) is 3.23. The lowest BCUT2D eigenvalue weighted by Gasteiger charge is -2.02. The first kappa shape index (κ1) is 13.1. The molecule has 0 atom stereocenters. The van der Waals surface area contributed by atoms with E-state index in [9.17, 15) is 0 Å². The molecule has 2 aromatic heterocycles. The molecule has 0 fully saturated rings. The molecule has 0 saturated heterocycles. The fourth-order valence-electron chi connectivity index (χ4n) is 2.04. The van der Waals surface area contributed by atoms with E-state index in [4.69, 9.17) is 11.1 Å². The van der Waals surface area contributed by atoms with E-state index in [2.05, 4.69) is 16.1 Å². The molecule has 7 heteroatoms. The van der Waals surface area contributed by atoms with Gasteiger partial charge in [0.1, 0.15) is 10.9 Å². The minimum absolute atomic E-state index is 0.0409. The maximum atomic E-state index is 7.70. The van der Waals surface area contributed by atoms with Gasteiger partial charge in [-0.3, -0.25) is 10.1 Å². The first-order valence-corrected chi connectivity index (χ1v) is 7.61. The predicted octanol–water partition coefficient (Wildman–Crippen LogP) is 2.77. The lowest BCUT2D eigenvalue weighted by molar-refractivity contribution is 0.692. The molecule has 20 heavy (non-hydrogen) atoms. The summed E-state index contributed by atoms with van der Waals surface area (Å²) in [5.41, 5.74) is 8.10. The van der Waals surface area contributed by atoms with Crippen LogP contribution in [0.15, 0.2) is 33.6 Å². The Morgan fingerprint density at radius 1 is 1.40 bits per heavy atom. The van der Waals surface area contributed by atoms with Crippen LogP contribution in [0.5, 0.6) is 0 Å². The molecule has 1 aromatic carbocycles. The van der Waals surface area contributed by atoms with Gasteiger partial charge in [-0.15, -0.1) is 11.3 Å². The zero-order valence-corrected chi connectivity index (χ0v) is 12.7. The van der Waals surface area contributed by atoms with Gasteiger partial charge in [0.2, 0.25) is 0 Å². The van der Waals surface area contributed by atoms with Crippen molar-refractivity contribution in [2.75, 3.05) is 0 Å². The number of nitrogens with two attached hydrogens (primary N) is 1. The lowest BCUT2D eigenvalue weighted by atomic mass is 10.2. The molecule has 0 saturated carbocycles. The number of hydrogen-bond donors (Lipinski definition) is 2. The number of amidine groups is 1. The van der Waals surface area contributed by atoms with Crippen LogP contribution in [0.4, 0.5) is 0 Å². The molecule has 0 radical (unpaired) electrons. The van der Waals surface area contributed by atoms with Crippen LogP contribution >= 0.6 is 23.1 Å². The minimum atomic E-state index is 0.0409. The second-order valence-corrected chi connectivity index (χ2v) is 6.62. The van der Waals surface area contributed by atoms with Crippen LogP contribution in [0.2, 0.25) is 0 Å². The second-order valence-electron chi connectivity index (χ2n) is 4.35. The summed E-state index contributed by atoms with van der Waals surface area (Å²) in [5, 5.41) is 12.9. The molecule has 3 rings (SSSR count). The molecule has 0 aliphatic heterocycles. The molecule has 5 nitrogen and oxygen atoms in total. The van der Waals surface area contributed by atoms with Gasteiger partial charge in [-0.1, -0.05) is 12.1 Å². The fraction of sp³-hybridized carbons (Fsp3) is 0.154. The van der Waals surface area contributed by atoms with Gasteiger partial charge in [0, 0.05) is 7.05 Å². The van der Waals surface area contributed by atoms with Gasteiger partial charge >= 0.3 is 0 Å². The molecule has 3 N–H and O–H groups in total. The van der Waals surface area contributed by atoms with E-state index >= 15 is 0 Å². The number of thiazole rings is 1. The van der Waals surface area contributed by atoms with Gasteiger partial charge in [0.25, 0.3) is 0 Å². The van der Waals surface area contributed by atoms with Crippen molar-refractivity contribution in [2.24, 2.45) is 12.8 Å². The van der Waals surface area contributed by atoms with Crippen molar-refractivity contribution in [3.05, 3.63) is 35.5 Å². The zero-order valence-electron chi connectivity index (χ0n) is 11.0. The molecule has 0 unspecified atom stereocenters. The van der Waals surface area contributed by atoms with E-state index in [1.807, 2.05) is 32.2 Å². The van der Waals surface area contributed by atoms with Crippen molar-refractivity contribution in [1.82, 2.24) is 14.8 Å². The Balaban J connectivity index is 2.04. The number of nitrogens with one attached hydrogen (secondary N) is 1. The van der Waals surface area contributed by atoms with Crippen molar-refractivity contribution in [3.8, 4) is 0 Å². The number of nitrogens with zero attached hydrogens (tertiary/aromatic N) is 3. The van der Waals surface area contributed by atoms with Crippen molar-refractivity contribution >= 4 is 39.2 Å². The third-order valence-electron chi connectivity index (χ3n) is 2.90. The Labute approximate surface area is 124 Å².